The first-order valence-electron chi connectivity index (χ1n) is 13.3. The van der Waals surface area contributed by atoms with E-state index in [1.165, 1.54) is 107 Å². The molecule has 0 aliphatic heterocycles. The Kier molecular flexibility index (Phi) is 14.3. The molecule has 2 rings (SSSR count). The van der Waals surface area contributed by atoms with Gasteiger partial charge in [0.25, 0.3) is 10.1 Å². The van der Waals surface area contributed by atoms with Crippen LogP contribution in [0, 0.1) is 0 Å². The fourth-order valence-electron chi connectivity index (χ4n) is 4.23. The van der Waals surface area contributed by atoms with Crippen molar-refractivity contribution in [1.82, 2.24) is 0 Å². The number of rotatable bonds is 19. The molecule has 0 atom stereocenters. The molecular formula is C29H42O5S. The Morgan fingerprint density at radius 1 is 0.629 bits per heavy atom. The molecule has 35 heavy (non-hydrogen) atoms. The molecule has 0 aliphatic carbocycles. The van der Waals surface area contributed by atoms with E-state index in [0.717, 1.165) is 19.3 Å². The van der Waals surface area contributed by atoms with E-state index in [0.29, 0.717) is 6.42 Å². The zero-order valence-electron chi connectivity index (χ0n) is 21.0. The SMILES string of the molecule is O=C(CCCCCCCCCCCCCCCCc1ccccc1)Oc1ccc(S(=O)(=O)O)cc1. The third-order valence-electron chi connectivity index (χ3n) is 6.29. The normalized spacial score (nSPS) is 11.5. The Balaban J connectivity index is 1.33. The molecule has 0 bridgehead atoms. The zero-order valence-corrected chi connectivity index (χ0v) is 21.8. The number of benzene rings is 2. The monoisotopic (exact) mass is 502 g/mol. The van der Waals surface area contributed by atoms with Gasteiger partial charge in [-0.25, -0.2) is 0 Å². The third kappa shape index (κ3) is 14.1. The van der Waals surface area contributed by atoms with Crippen molar-refractivity contribution in [2.24, 2.45) is 0 Å². The van der Waals surface area contributed by atoms with Crippen LogP contribution in [0.5, 0.6) is 5.75 Å². The van der Waals surface area contributed by atoms with Crippen molar-refractivity contribution in [2.45, 2.75) is 108 Å². The highest BCUT2D eigenvalue weighted by Gasteiger charge is 2.10. The molecule has 0 heterocycles. The Morgan fingerprint density at radius 3 is 1.57 bits per heavy atom. The highest BCUT2D eigenvalue weighted by atomic mass is 32.2. The Hall–Kier alpha value is -2.18. The van der Waals surface area contributed by atoms with Gasteiger partial charge in [0.15, 0.2) is 0 Å². The number of hydrogen-bond acceptors (Lipinski definition) is 4. The molecule has 0 saturated heterocycles. The van der Waals surface area contributed by atoms with Crippen molar-refractivity contribution in [3.63, 3.8) is 0 Å². The number of carbonyl (C=O) groups is 1. The Bertz CT molecular complexity index is 923. The molecule has 0 aromatic heterocycles. The van der Waals surface area contributed by atoms with Crippen LogP contribution < -0.4 is 4.74 Å². The lowest BCUT2D eigenvalue weighted by molar-refractivity contribution is -0.134. The first kappa shape index (κ1) is 29.1. The molecule has 2 aromatic rings. The van der Waals surface area contributed by atoms with Crippen molar-refractivity contribution >= 4 is 16.1 Å². The summed E-state index contributed by atoms with van der Waals surface area (Å²) in [5.74, 6) is -0.0359. The van der Waals surface area contributed by atoms with Crippen LogP contribution in [0.2, 0.25) is 0 Å². The largest absolute Gasteiger partial charge is 0.427 e. The molecule has 2 aromatic carbocycles. The van der Waals surface area contributed by atoms with Crippen molar-refractivity contribution in [3.05, 3.63) is 60.2 Å². The summed E-state index contributed by atoms with van der Waals surface area (Å²) in [5.41, 5.74) is 1.46. The summed E-state index contributed by atoms with van der Waals surface area (Å²) >= 11 is 0. The van der Waals surface area contributed by atoms with Gasteiger partial charge in [-0.3, -0.25) is 9.35 Å². The summed E-state index contributed by atoms with van der Waals surface area (Å²) in [5, 5.41) is 0. The maximum Gasteiger partial charge on any atom is 0.311 e. The van der Waals surface area contributed by atoms with E-state index < -0.39 is 10.1 Å². The molecule has 0 aliphatic rings. The van der Waals surface area contributed by atoms with Gasteiger partial charge in [-0.15, -0.1) is 0 Å². The van der Waals surface area contributed by atoms with E-state index >= 15 is 0 Å². The molecule has 194 valence electrons. The molecule has 1 N–H and O–H groups in total. The molecule has 0 spiro atoms. The molecule has 5 nitrogen and oxygen atoms in total. The number of esters is 1. The second-order valence-electron chi connectivity index (χ2n) is 9.36. The fourth-order valence-corrected chi connectivity index (χ4v) is 4.71. The quantitative estimate of drug-likeness (QED) is 0.0913. The lowest BCUT2D eigenvalue weighted by Gasteiger charge is -2.05. The van der Waals surface area contributed by atoms with Crippen molar-refractivity contribution < 1.29 is 22.5 Å². The molecule has 0 saturated carbocycles. The van der Waals surface area contributed by atoms with Crippen molar-refractivity contribution in [2.75, 3.05) is 0 Å². The topological polar surface area (TPSA) is 80.7 Å². The lowest BCUT2D eigenvalue weighted by atomic mass is 10.0. The number of aryl methyl sites for hydroxylation is 1. The van der Waals surface area contributed by atoms with Crippen LogP contribution in [-0.4, -0.2) is 18.9 Å². The van der Waals surface area contributed by atoms with E-state index in [-0.39, 0.29) is 16.6 Å². The fraction of sp³-hybridized carbons (Fsp3) is 0.552. The summed E-state index contributed by atoms with van der Waals surface area (Å²) in [6, 6.07) is 15.9. The van der Waals surface area contributed by atoms with Gasteiger partial charge >= 0.3 is 5.97 Å². The number of ether oxygens (including phenoxy) is 1. The van der Waals surface area contributed by atoms with E-state index in [1.807, 2.05) is 0 Å². The van der Waals surface area contributed by atoms with Crippen LogP contribution in [0.25, 0.3) is 0 Å². The van der Waals surface area contributed by atoms with Crippen LogP contribution in [-0.2, 0) is 21.3 Å². The van der Waals surface area contributed by atoms with Gasteiger partial charge in [0.2, 0.25) is 0 Å². The second-order valence-corrected chi connectivity index (χ2v) is 10.8. The Labute approximate surface area is 212 Å². The van der Waals surface area contributed by atoms with Gasteiger partial charge in [0, 0.05) is 6.42 Å². The van der Waals surface area contributed by atoms with Crippen molar-refractivity contribution in [3.8, 4) is 5.75 Å². The molecule has 0 unspecified atom stereocenters. The van der Waals surface area contributed by atoms with Gasteiger partial charge in [0.1, 0.15) is 5.75 Å². The smallest absolute Gasteiger partial charge is 0.311 e. The van der Waals surface area contributed by atoms with Crippen LogP contribution >= 0.6 is 0 Å². The molecule has 0 radical (unpaired) electrons. The number of hydrogen-bond donors (Lipinski definition) is 1. The highest BCUT2D eigenvalue weighted by molar-refractivity contribution is 7.85. The average molecular weight is 503 g/mol. The number of carbonyl (C=O) groups excluding carboxylic acids is 1. The van der Waals surface area contributed by atoms with E-state index in [2.05, 4.69) is 30.3 Å². The minimum absolute atomic E-state index is 0.220. The first-order valence-corrected chi connectivity index (χ1v) is 14.7. The van der Waals surface area contributed by atoms with Crippen LogP contribution in [0.4, 0.5) is 0 Å². The Morgan fingerprint density at radius 2 is 1.09 bits per heavy atom. The minimum atomic E-state index is -4.23. The van der Waals surface area contributed by atoms with E-state index in [1.54, 1.807) is 0 Å². The maximum atomic E-state index is 11.9. The summed E-state index contributed by atoms with van der Waals surface area (Å²) in [6.07, 6.45) is 19.1. The summed E-state index contributed by atoms with van der Waals surface area (Å²) < 4.78 is 36.2. The summed E-state index contributed by atoms with van der Waals surface area (Å²) in [6.45, 7) is 0. The van der Waals surface area contributed by atoms with Gasteiger partial charge < -0.3 is 4.74 Å². The van der Waals surface area contributed by atoms with Gasteiger partial charge in [-0.05, 0) is 49.1 Å². The summed E-state index contributed by atoms with van der Waals surface area (Å²) in [4.78, 5) is 11.7. The van der Waals surface area contributed by atoms with Gasteiger partial charge in [-0.2, -0.15) is 8.42 Å². The summed E-state index contributed by atoms with van der Waals surface area (Å²) in [7, 11) is -4.23. The second kappa shape index (κ2) is 17.3. The van der Waals surface area contributed by atoms with Crippen molar-refractivity contribution in [1.29, 1.82) is 0 Å². The van der Waals surface area contributed by atoms with Crippen LogP contribution in [0.15, 0.2) is 59.5 Å². The average Bonchev–Trinajstić information content (AvgIpc) is 2.84. The van der Waals surface area contributed by atoms with E-state index in [4.69, 9.17) is 9.29 Å². The number of unbranched alkanes of at least 4 members (excludes halogenated alkanes) is 13. The van der Waals surface area contributed by atoms with Gasteiger partial charge in [-0.1, -0.05) is 107 Å². The minimum Gasteiger partial charge on any atom is -0.427 e. The zero-order chi connectivity index (χ0) is 25.2. The predicted octanol–water partition coefficient (Wildman–Crippen LogP) is 7.93. The van der Waals surface area contributed by atoms with Crippen LogP contribution in [0.1, 0.15) is 102 Å². The standard InChI is InChI=1S/C29H42O5S/c30-29(34-27-22-24-28(25-23-27)35(31,32)33)21-17-12-10-8-6-4-2-1-3-5-7-9-11-14-18-26-19-15-13-16-20-26/h13,15-16,19-20,22-25H,1-12,14,17-18,21H2,(H,31,32,33). The maximum absolute atomic E-state index is 11.9. The first-order chi connectivity index (χ1) is 16.9. The molecule has 6 heteroatoms. The third-order valence-corrected chi connectivity index (χ3v) is 7.16. The van der Waals surface area contributed by atoms with Gasteiger partial charge in [0.05, 0.1) is 4.90 Å². The molecule has 0 fully saturated rings. The molecular weight excluding hydrogens is 460 g/mol. The van der Waals surface area contributed by atoms with E-state index in [9.17, 15) is 13.2 Å². The van der Waals surface area contributed by atoms with Crippen LogP contribution in [0.3, 0.4) is 0 Å². The highest BCUT2D eigenvalue weighted by Crippen LogP contribution is 2.17. The lowest BCUT2D eigenvalue weighted by Crippen LogP contribution is -2.07. The predicted molar refractivity (Wildman–Crippen MR) is 141 cm³/mol. The molecule has 0 amide bonds.